The first-order valence-electron chi connectivity index (χ1n) is 8.26. The standard InChI is InChI=1S/C18H23IN2O3/c1-3-8-24-17-14(9-13(19)10-16(17)23-2)18(22)20-15-11-21-6-4-12(15)5-7-21/h3,9-10,12,15H,1,4-8,11H2,2H3,(H,20,22). The van der Waals surface area contributed by atoms with Gasteiger partial charge in [-0.1, -0.05) is 12.7 Å². The maximum Gasteiger partial charge on any atom is 0.255 e. The van der Waals surface area contributed by atoms with Gasteiger partial charge >= 0.3 is 0 Å². The lowest BCUT2D eigenvalue weighted by Gasteiger charge is -2.44. The molecule has 0 radical (unpaired) electrons. The van der Waals surface area contributed by atoms with Crippen molar-refractivity contribution in [3.05, 3.63) is 33.9 Å². The number of carbonyl (C=O) groups is 1. The zero-order valence-electron chi connectivity index (χ0n) is 13.9. The molecule has 1 amide bonds. The molecule has 1 aromatic rings. The molecule has 5 nitrogen and oxygen atoms in total. The SMILES string of the molecule is C=CCOc1c(OC)cc(I)cc1C(=O)NC1CN2CCC1CC2. The predicted molar refractivity (Wildman–Crippen MR) is 102 cm³/mol. The van der Waals surface area contributed by atoms with Crippen LogP contribution in [0.1, 0.15) is 23.2 Å². The van der Waals surface area contributed by atoms with Crippen molar-refractivity contribution in [2.24, 2.45) is 5.92 Å². The normalized spacial score (nSPS) is 25.2. The highest BCUT2D eigenvalue weighted by molar-refractivity contribution is 14.1. The Labute approximate surface area is 156 Å². The summed E-state index contributed by atoms with van der Waals surface area (Å²) in [7, 11) is 1.58. The third-order valence-electron chi connectivity index (χ3n) is 4.80. The lowest BCUT2D eigenvalue weighted by molar-refractivity contribution is 0.0618. The smallest absolute Gasteiger partial charge is 0.255 e. The fourth-order valence-electron chi connectivity index (χ4n) is 3.55. The van der Waals surface area contributed by atoms with Gasteiger partial charge in [-0.2, -0.15) is 0 Å². The topological polar surface area (TPSA) is 50.8 Å². The number of hydrogen-bond acceptors (Lipinski definition) is 4. The van der Waals surface area contributed by atoms with Crippen LogP contribution < -0.4 is 14.8 Å². The van der Waals surface area contributed by atoms with Crippen LogP contribution in [0.3, 0.4) is 0 Å². The van der Waals surface area contributed by atoms with E-state index in [1.54, 1.807) is 13.2 Å². The molecule has 3 fully saturated rings. The van der Waals surface area contributed by atoms with Crippen LogP contribution in [0.25, 0.3) is 0 Å². The van der Waals surface area contributed by atoms with Gasteiger partial charge in [-0.3, -0.25) is 4.79 Å². The quantitative estimate of drug-likeness (QED) is 0.544. The van der Waals surface area contributed by atoms with E-state index >= 15 is 0 Å². The number of amides is 1. The van der Waals surface area contributed by atoms with Gasteiger partial charge in [0.2, 0.25) is 0 Å². The number of carbonyl (C=O) groups excluding carboxylic acids is 1. The Bertz CT molecular complexity index is 627. The van der Waals surface area contributed by atoms with Gasteiger partial charge in [0.1, 0.15) is 6.61 Å². The first-order chi connectivity index (χ1) is 11.6. The lowest BCUT2D eigenvalue weighted by atomic mass is 9.84. The molecule has 1 N–H and O–H groups in total. The first-order valence-corrected chi connectivity index (χ1v) is 9.34. The van der Waals surface area contributed by atoms with Gasteiger partial charge in [0.15, 0.2) is 11.5 Å². The molecule has 0 aliphatic carbocycles. The van der Waals surface area contributed by atoms with Crippen LogP contribution in [-0.2, 0) is 0 Å². The number of methoxy groups -OCH3 is 1. The van der Waals surface area contributed by atoms with Gasteiger partial charge in [0, 0.05) is 16.2 Å². The van der Waals surface area contributed by atoms with Crippen LogP contribution in [0.2, 0.25) is 0 Å². The highest BCUT2D eigenvalue weighted by Gasteiger charge is 2.35. The minimum absolute atomic E-state index is 0.0929. The summed E-state index contributed by atoms with van der Waals surface area (Å²) in [5.74, 6) is 1.55. The molecule has 0 aromatic heterocycles. The van der Waals surface area contributed by atoms with Crippen molar-refractivity contribution >= 4 is 28.5 Å². The van der Waals surface area contributed by atoms with Crippen LogP contribution in [0, 0.1) is 9.49 Å². The molecule has 3 aliphatic rings. The number of fused-ring (bicyclic) bond motifs is 3. The molecule has 1 aromatic carbocycles. The monoisotopic (exact) mass is 442 g/mol. The molecule has 1 unspecified atom stereocenters. The van der Waals surface area contributed by atoms with Gasteiger partial charge in [-0.05, 0) is 66.6 Å². The summed E-state index contributed by atoms with van der Waals surface area (Å²) < 4.78 is 12.1. The maximum atomic E-state index is 12.9. The van der Waals surface area contributed by atoms with E-state index in [0.29, 0.717) is 29.6 Å². The largest absolute Gasteiger partial charge is 0.493 e. The van der Waals surface area contributed by atoms with Gasteiger partial charge in [0.25, 0.3) is 5.91 Å². The van der Waals surface area contributed by atoms with E-state index in [2.05, 4.69) is 39.4 Å². The number of rotatable bonds is 6. The summed E-state index contributed by atoms with van der Waals surface area (Å²) in [6.07, 6.45) is 3.99. The highest BCUT2D eigenvalue weighted by atomic mass is 127. The fourth-order valence-corrected chi connectivity index (χ4v) is 4.15. The Balaban J connectivity index is 1.82. The van der Waals surface area contributed by atoms with Crippen molar-refractivity contribution in [2.45, 2.75) is 18.9 Å². The van der Waals surface area contributed by atoms with E-state index in [9.17, 15) is 4.79 Å². The molecule has 1 atom stereocenters. The van der Waals surface area contributed by atoms with E-state index in [1.807, 2.05) is 12.1 Å². The molecule has 0 saturated carbocycles. The molecule has 24 heavy (non-hydrogen) atoms. The van der Waals surface area contributed by atoms with Gasteiger partial charge < -0.3 is 19.7 Å². The minimum atomic E-state index is -0.0929. The second-order valence-corrected chi connectivity index (χ2v) is 7.55. The minimum Gasteiger partial charge on any atom is -0.493 e. The summed E-state index contributed by atoms with van der Waals surface area (Å²) in [5, 5.41) is 3.22. The second-order valence-electron chi connectivity index (χ2n) is 6.30. The van der Waals surface area contributed by atoms with Crippen molar-refractivity contribution in [2.75, 3.05) is 33.4 Å². The Morgan fingerprint density at radius 2 is 2.21 bits per heavy atom. The molecular formula is C18H23IN2O3. The third-order valence-corrected chi connectivity index (χ3v) is 5.43. The molecule has 3 aliphatic heterocycles. The lowest BCUT2D eigenvalue weighted by Crippen LogP contribution is -2.57. The van der Waals surface area contributed by atoms with Crippen molar-refractivity contribution in [1.82, 2.24) is 10.2 Å². The van der Waals surface area contributed by atoms with Crippen molar-refractivity contribution in [3.63, 3.8) is 0 Å². The Morgan fingerprint density at radius 3 is 2.79 bits per heavy atom. The number of benzene rings is 1. The van der Waals surface area contributed by atoms with E-state index in [4.69, 9.17) is 9.47 Å². The highest BCUT2D eigenvalue weighted by Crippen LogP contribution is 2.34. The Kier molecular flexibility index (Phi) is 5.65. The van der Waals surface area contributed by atoms with Crippen LogP contribution in [0.4, 0.5) is 0 Å². The molecule has 4 rings (SSSR count). The molecule has 6 heteroatoms. The summed E-state index contributed by atoms with van der Waals surface area (Å²) in [6, 6.07) is 3.93. The van der Waals surface area contributed by atoms with E-state index in [-0.39, 0.29) is 11.9 Å². The summed E-state index contributed by atoms with van der Waals surface area (Å²) in [5.41, 5.74) is 0.525. The molecule has 3 heterocycles. The Morgan fingerprint density at radius 1 is 1.46 bits per heavy atom. The average molecular weight is 442 g/mol. The van der Waals surface area contributed by atoms with Gasteiger partial charge in [-0.15, -0.1) is 0 Å². The number of nitrogens with one attached hydrogen (secondary N) is 1. The van der Waals surface area contributed by atoms with Crippen LogP contribution in [-0.4, -0.2) is 50.2 Å². The van der Waals surface area contributed by atoms with Crippen molar-refractivity contribution in [3.8, 4) is 11.5 Å². The molecular weight excluding hydrogens is 419 g/mol. The molecule has 3 saturated heterocycles. The average Bonchev–Trinajstić information content (AvgIpc) is 2.60. The van der Waals surface area contributed by atoms with Gasteiger partial charge in [-0.25, -0.2) is 0 Å². The number of ether oxygens (including phenoxy) is 2. The van der Waals surface area contributed by atoms with E-state index in [1.165, 1.54) is 12.8 Å². The predicted octanol–water partition coefficient (Wildman–Crippen LogP) is 2.69. The number of piperidine rings is 3. The van der Waals surface area contributed by atoms with Crippen molar-refractivity contribution < 1.29 is 14.3 Å². The maximum absolute atomic E-state index is 12.9. The zero-order chi connectivity index (χ0) is 17.1. The van der Waals surface area contributed by atoms with Crippen LogP contribution >= 0.6 is 22.6 Å². The third kappa shape index (κ3) is 3.69. The molecule has 130 valence electrons. The van der Waals surface area contributed by atoms with E-state index < -0.39 is 0 Å². The Hall–Kier alpha value is -1.28. The number of halogens is 1. The van der Waals surface area contributed by atoms with Crippen molar-refractivity contribution in [1.29, 1.82) is 0 Å². The van der Waals surface area contributed by atoms with E-state index in [0.717, 1.165) is 23.2 Å². The molecule has 0 spiro atoms. The first kappa shape index (κ1) is 17.5. The molecule has 2 bridgehead atoms. The summed E-state index contributed by atoms with van der Waals surface area (Å²) >= 11 is 2.19. The summed E-state index contributed by atoms with van der Waals surface area (Å²) in [6.45, 7) is 7.25. The number of nitrogens with zero attached hydrogens (tertiary/aromatic N) is 1. The summed E-state index contributed by atoms with van der Waals surface area (Å²) in [4.78, 5) is 15.3. The second kappa shape index (κ2) is 7.74. The van der Waals surface area contributed by atoms with Crippen LogP contribution in [0.5, 0.6) is 11.5 Å². The zero-order valence-corrected chi connectivity index (χ0v) is 16.0. The number of hydrogen-bond donors (Lipinski definition) is 1. The van der Waals surface area contributed by atoms with Gasteiger partial charge in [0.05, 0.1) is 12.7 Å². The fraction of sp³-hybridized carbons (Fsp3) is 0.500. The van der Waals surface area contributed by atoms with Crippen LogP contribution in [0.15, 0.2) is 24.8 Å².